The summed E-state index contributed by atoms with van der Waals surface area (Å²) in [5, 5.41) is 3.52. The highest BCUT2D eigenvalue weighted by molar-refractivity contribution is 5.30. The minimum atomic E-state index is -0.125. The van der Waals surface area contributed by atoms with Crippen molar-refractivity contribution in [1.82, 2.24) is 5.32 Å². The Balaban J connectivity index is 2.05. The fourth-order valence-electron chi connectivity index (χ4n) is 2.23. The van der Waals surface area contributed by atoms with Gasteiger partial charge in [-0.05, 0) is 24.8 Å². The van der Waals surface area contributed by atoms with Gasteiger partial charge in [0.2, 0.25) is 0 Å². The summed E-state index contributed by atoms with van der Waals surface area (Å²) in [5.74, 6) is 0. The van der Waals surface area contributed by atoms with E-state index in [2.05, 4.69) is 30.5 Å². The molecule has 1 aliphatic heterocycles. The van der Waals surface area contributed by atoms with E-state index in [1.165, 1.54) is 18.4 Å². The van der Waals surface area contributed by atoms with Crippen molar-refractivity contribution in [3.05, 3.63) is 23.8 Å². The number of nitrogens with one attached hydrogen (secondary N) is 1. The SMILES string of the molecule is CCCCC1(C2=CC=CC2)NCCO1. The maximum atomic E-state index is 5.91. The fraction of sp³-hybridized carbons (Fsp3) is 0.667. The quantitative estimate of drug-likeness (QED) is 0.740. The van der Waals surface area contributed by atoms with Gasteiger partial charge >= 0.3 is 0 Å². The van der Waals surface area contributed by atoms with Crippen LogP contribution in [0.3, 0.4) is 0 Å². The topological polar surface area (TPSA) is 21.3 Å². The van der Waals surface area contributed by atoms with E-state index < -0.39 is 0 Å². The molecule has 0 aromatic carbocycles. The van der Waals surface area contributed by atoms with Gasteiger partial charge in [-0.2, -0.15) is 0 Å². The standard InChI is InChI=1S/C12H19NO/c1-2-3-8-12(13-9-10-14-12)11-6-4-5-7-11/h4-6,13H,2-3,7-10H2,1H3. The molecular formula is C12H19NO. The Labute approximate surface area is 86.0 Å². The van der Waals surface area contributed by atoms with Crippen molar-refractivity contribution in [2.24, 2.45) is 0 Å². The minimum Gasteiger partial charge on any atom is -0.355 e. The van der Waals surface area contributed by atoms with Crippen LogP contribution >= 0.6 is 0 Å². The first-order valence-corrected chi connectivity index (χ1v) is 5.62. The van der Waals surface area contributed by atoms with Crippen molar-refractivity contribution in [3.63, 3.8) is 0 Å². The zero-order valence-corrected chi connectivity index (χ0v) is 8.88. The third kappa shape index (κ3) is 1.77. The van der Waals surface area contributed by atoms with Crippen molar-refractivity contribution < 1.29 is 4.74 Å². The molecule has 0 radical (unpaired) electrons. The van der Waals surface area contributed by atoms with Gasteiger partial charge in [0.15, 0.2) is 0 Å². The van der Waals surface area contributed by atoms with Crippen molar-refractivity contribution in [2.45, 2.75) is 38.3 Å². The summed E-state index contributed by atoms with van der Waals surface area (Å²) in [4.78, 5) is 0. The van der Waals surface area contributed by atoms with Gasteiger partial charge in [0.1, 0.15) is 5.72 Å². The number of allylic oxidation sites excluding steroid dienone is 3. The van der Waals surface area contributed by atoms with E-state index in [0.717, 1.165) is 26.0 Å². The molecule has 0 aromatic rings. The molecule has 0 amide bonds. The predicted octanol–water partition coefficient (Wildman–Crippen LogP) is 2.38. The van der Waals surface area contributed by atoms with Gasteiger partial charge < -0.3 is 4.74 Å². The van der Waals surface area contributed by atoms with Gasteiger partial charge in [0.05, 0.1) is 6.61 Å². The molecule has 2 rings (SSSR count). The molecule has 0 bridgehead atoms. The van der Waals surface area contributed by atoms with Crippen molar-refractivity contribution in [1.29, 1.82) is 0 Å². The Kier molecular flexibility index (Phi) is 3.04. The first kappa shape index (κ1) is 9.94. The van der Waals surface area contributed by atoms with Gasteiger partial charge in [0, 0.05) is 6.54 Å². The largest absolute Gasteiger partial charge is 0.355 e. The number of unbranched alkanes of at least 4 members (excludes halogenated alkanes) is 1. The van der Waals surface area contributed by atoms with Crippen LogP contribution in [-0.2, 0) is 4.74 Å². The highest BCUT2D eigenvalue weighted by atomic mass is 16.5. The summed E-state index contributed by atoms with van der Waals surface area (Å²) in [6.45, 7) is 4.06. The third-order valence-electron chi connectivity index (χ3n) is 3.03. The normalized spacial score (nSPS) is 31.1. The molecule has 0 aromatic heterocycles. The Morgan fingerprint density at radius 3 is 3.07 bits per heavy atom. The number of rotatable bonds is 4. The molecule has 1 fully saturated rings. The van der Waals surface area contributed by atoms with Crippen LogP contribution in [0, 0.1) is 0 Å². The fourth-order valence-corrected chi connectivity index (χ4v) is 2.23. The van der Waals surface area contributed by atoms with Crippen LogP contribution < -0.4 is 5.32 Å². The molecule has 1 atom stereocenters. The zero-order chi connectivity index (χ0) is 9.86. The van der Waals surface area contributed by atoms with Crippen molar-refractivity contribution >= 4 is 0 Å². The summed E-state index contributed by atoms with van der Waals surface area (Å²) in [7, 11) is 0. The smallest absolute Gasteiger partial charge is 0.142 e. The molecule has 2 aliphatic rings. The summed E-state index contributed by atoms with van der Waals surface area (Å²) in [6, 6.07) is 0. The van der Waals surface area contributed by atoms with E-state index in [9.17, 15) is 0 Å². The van der Waals surface area contributed by atoms with E-state index >= 15 is 0 Å². The molecule has 0 saturated carbocycles. The average molecular weight is 193 g/mol. The molecule has 78 valence electrons. The molecular weight excluding hydrogens is 174 g/mol. The lowest BCUT2D eigenvalue weighted by atomic mass is 9.96. The van der Waals surface area contributed by atoms with Crippen molar-refractivity contribution in [3.8, 4) is 0 Å². The Hall–Kier alpha value is -0.600. The number of hydrogen-bond acceptors (Lipinski definition) is 2. The monoisotopic (exact) mass is 193 g/mol. The lowest BCUT2D eigenvalue weighted by Crippen LogP contribution is -2.42. The average Bonchev–Trinajstić information content (AvgIpc) is 2.86. The van der Waals surface area contributed by atoms with Crippen LogP contribution in [0.2, 0.25) is 0 Å². The van der Waals surface area contributed by atoms with Crippen molar-refractivity contribution in [2.75, 3.05) is 13.2 Å². The molecule has 1 aliphatic carbocycles. The lowest BCUT2D eigenvalue weighted by molar-refractivity contribution is 0.0121. The first-order chi connectivity index (χ1) is 6.87. The van der Waals surface area contributed by atoms with Gasteiger partial charge in [0.25, 0.3) is 0 Å². The van der Waals surface area contributed by atoms with Crippen LogP contribution in [0.1, 0.15) is 32.6 Å². The number of hydrogen-bond donors (Lipinski definition) is 1. The van der Waals surface area contributed by atoms with Gasteiger partial charge in [-0.3, -0.25) is 5.32 Å². The Morgan fingerprint density at radius 1 is 1.57 bits per heavy atom. The van der Waals surface area contributed by atoms with Gasteiger partial charge in [-0.25, -0.2) is 0 Å². The summed E-state index contributed by atoms with van der Waals surface area (Å²) >= 11 is 0. The van der Waals surface area contributed by atoms with E-state index in [1.807, 2.05) is 0 Å². The minimum absolute atomic E-state index is 0.125. The van der Waals surface area contributed by atoms with E-state index in [0.29, 0.717) is 0 Å². The second-order valence-electron chi connectivity index (χ2n) is 4.03. The summed E-state index contributed by atoms with van der Waals surface area (Å²) in [6.07, 6.45) is 11.2. The highest BCUT2D eigenvalue weighted by Crippen LogP contribution is 2.32. The van der Waals surface area contributed by atoms with Gasteiger partial charge in [-0.1, -0.05) is 31.6 Å². The molecule has 1 unspecified atom stereocenters. The predicted molar refractivity (Wildman–Crippen MR) is 58.1 cm³/mol. The van der Waals surface area contributed by atoms with E-state index in [1.54, 1.807) is 0 Å². The summed E-state index contributed by atoms with van der Waals surface area (Å²) in [5.41, 5.74) is 1.28. The molecule has 1 N–H and O–H groups in total. The second-order valence-corrected chi connectivity index (χ2v) is 4.03. The molecule has 2 heteroatoms. The maximum Gasteiger partial charge on any atom is 0.142 e. The van der Waals surface area contributed by atoms with Crippen LogP contribution in [-0.4, -0.2) is 18.9 Å². The highest BCUT2D eigenvalue weighted by Gasteiger charge is 2.37. The molecule has 1 saturated heterocycles. The third-order valence-corrected chi connectivity index (χ3v) is 3.03. The second kappa shape index (κ2) is 4.28. The summed E-state index contributed by atoms with van der Waals surface area (Å²) < 4.78 is 5.91. The number of ether oxygens (including phenoxy) is 1. The zero-order valence-electron chi connectivity index (χ0n) is 8.88. The lowest BCUT2D eigenvalue weighted by Gasteiger charge is -2.30. The van der Waals surface area contributed by atoms with E-state index in [-0.39, 0.29) is 5.72 Å². The van der Waals surface area contributed by atoms with Crippen LogP contribution in [0.25, 0.3) is 0 Å². The van der Waals surface area contributed by atoms with E-state index in [4.69, 9.17) is 4.74 Å². The molecule has 0 spiro atoms. The Bertz CT molecular complexity index is 249. The Morgan fingerprint density at radius 2 is 2.50 bits per heavy atom. The molecule has 14 heavy (non-hydrogen) atoms. The molecule has 2 nitrogen and oxygen atoms in total. The maximum absolute atomic E-state index is 5.91. The van der Waals surface area contributed by atoms with Crippen LogP contribution in [0.15, 0.2) is 23.8 Å². The van der Waals surface area contributed by atoms with Crippen LogP contribution in [0.4, 0.5) is 0 Å². The van der Waals surface area contributed by atoms with Crippen LogP contribution in [0.5, 0.6) is 0 Å². The molecule has 1 heterocycles. The van der Waals surface area contributed by atoms with Gasteiger partial charge in [-0.15, -0.1) is 0 Å². The first-order valence-electron chi connectivity index (χ1n) is 5.62.